The van der Waals surface area contributed by atoms with Crippen molar-refractivity contribution in [3.8, 4) is 0 Å². The summed E-state index contributed by atoms with van der Waals surface area (Å²) in [6.45, 7) is 4.30. The molecule has 0 radical (unpaired) electrons. The molecule has 21 heavy (non-hydrogen) atoms. The number of halogens is 3. The molecule has 3 nitrogen and oxygen atoms in total. The first kappa shape index (κ1) is 18.3. The number of ether oxygens (including phenoxy) is 1. The van der Waals surface area contributed by atoms with Gasteiger partial charge in [0, 0.05) is 30.6 Å². The van der Waals surface area contributed by atoms with E-state index in [0.29, 0.717) is 19.8 Å². The molecule has 120 valence electrons. The van der Waals surface area contributed by atoms with Crippen molar-refractivity contribution >= 4 is 11.8 Å². The van der Waals surface area contributed by atoms with Gasteiger partial charge in [-0.1, -0.05) is 12.1 Å². The second-order valence-electron chi connectivity index (χ2n) is 4.55. The highest BCUT2D eigenvalue weighted by atomic mass is 32.2. The van der Waals surface area contributed by atoms with E-state index in [-0.39, 0.29) is 22.7 Å². The van der Waals surface area contributed by atoms with Crippen LogP contribution in [0.1, 0.15) is 18.5 Å². The summed E-state index contributed by atoms with van der Waals surface area (Å²) >= 11 is -0.111. The molecule has 1 rings (SSSR count). The number of nitrogens with zero attached hydrogens (tertiary/aromatic N) is 1. The Kier molecular flexibility index (Phi) is 7.51. The first-order valence-electron chi connectivity index (χ1n) is 6.71. The van der Waals surface area contributed by atoms with Crippen LogP contribution in [0.25, 0.3) is 0 Å². The van der Waals surface area contributed by atoms with Gasteiger partial charge in [0.1, 0.15) is 0 Å². The van der Waals surface area contributed by atoms with Crippen LogP contribution in [-0.2, 0) is 4.74 Å². The number of likely N-dealkylation sites (N-methyl/N-ethyl adjacent to an activating group) is 1. The minimum Gasteiger partial charge on any atom is -0.380 e. The van der Waals surface area contributed by atoms with E-state index in [1.165, 1.54) is 12.1 Å². The van der Waals surface area contributed by atoms with Crippen molar-refractivity contribution in [1.29, 1.82) is 0 Å². The van der Waals surface area contributed by atoms with Crippen molar-refractivity contribution in [2.24, 2.45) is 5.73 Å². The summed E-state index contributed by atoms with van der Waals surface area (Å²) in [7, 11) is 1.93. The average Bonchev–Trinajstić information content (AvgIpc) is 2.40. The number of hydrogen-bond donors (Lipinski definition) is 1. The molecule has 1 aromatic carbocycles. The van der Waals surface area contributed by atoms with Gasteiger partial charge in [0.2, 0.25) is 0 Å². The van der Waals surface area contributed by atoms with E-state index in [1.54, 1.807) is 12.1 Å². The largest absolute Gasteiger partial charge is 0.446 e. The zero-order valence-electron chi connectivity index (χ0n) is 12.2. The minimum absolute atomic E-state index is 0.0320. The third kappa shape index (κ3) is 6.69. The van der Waals surface area contributed by atoms with Gasteiger partial charge in [-0.25, -0.2) is 0 Å². The molecule has 0 bridgehead atoms. The number of alkyl halides is 3. The molecule has 1 aromatic rings. The molecule has 0 amide bonds. The van der Waals surface area contributed by atoms with E-state index >= 15 is 0 Å². The molecule has 1 atom stereocenters. The molecule has 0 spiro atoms. The Morgan fingerprint density at radius 1 is 1.29 bits per heavy atom. The predicted octanol–water partition coefficient (Wildman–Crippen LogP) is 3.27. The van der Waals surface area contributed by atoms with Gasteiger partial charge in [-0.05, 0) is 43.4 Å². The number of rotatable bonds is 8. The fraction of sp³-hybridized carbons (Fsp3) is 0.571. The van der Waals surface area contributed by atoms with Crippen LogP contribution in [0.3, 0.4) is 0 Å². The van der Waals surface area contributed by atoms with Crippen LogP contribution in [0.5, 0.6) is 0 Å². The summed E-state index contributed by atoms with van der Waals surface area (Å²) < 4.78 is 42.2. The number of thioether (sulfide) groups is 1. The van der Waals surface area contributed by atoms with Gasteiger partial charge < -0.3 is 10.5 Å². The van der Waals surface area contributed by atoms with E-state index in [4.69, 9.17) is 10.5 Å². The summed E-state index contributed by atoms with van der Waals surface area (Å²) in [6.07, 6.45) is 0. The lowest BCUT2D eigenvalue weighted by molar-refractivity contribution is -0.0328. The maximum Gasteiger partial charge on any atom is 0.446 e. The lowest BCUT2D eigenvalue weighted by Gasteiger charge is -2.27. The Morgan fingerprint density at radius 2 is 1.90 bits per heavy atom. The highest BCUT2D eigenvalue weighted by Gasteiger charge is 2.29. The van der Waals surface area contributed by atoms with Gasteiger partial charge in [0.15, 0.2) is 0 Å². The van der Waals surface area contributed by atoms with E-state index in [1.807, 2.05) is 18.9 Å². The predicted molar refractivity (Wildman–Crippen MR) is 79.3 cm³/mol. The number of hydrogen-bond acceptors (Lipinski definition) is 4. The van der Waals surface area contributed by atoms with Crippen LogP contribution in [0.15, 0.2) is 29.2 Å². The van der Waals surface area contributed by atoms with E-state index in [2.05, 4.69) is 0 Å². The Hall–Kier alpha value is -0.760. The summed E-state index contributed by atoms with van der Waals surface area (Å²) in [6, 6.07) is 6.32. The van der Waals surface area contributed by atoms with Crippen LogP contribution >= 0.6 is 11.8 Å². The van der Waals surface area contributed by atoms with Gasteiger partial charge in [-0.2, -0.15) is 13.2 Å². The smallest absolute Gasteiger partial charge is 0.380 e. The monoisotopic (exact) mass is 322 g/mol. The molecule has 0 saturated heterocycles. The summed E-state index contributed by atoms with van der Waals surface area (Å²) in [5, 5.41) is 0. The minimum atomic E-state index is -4.26. The molecular weight excluding hydrogens is 301 g/mol. The molecule has 0 saturated carbocycles. The molecule has 0 aromatic heterocycles. The SMILES string of the molecule is CCOCCN(C)C(CN)c1ccc(SC(F)(F)F)cc1. The van der Waals surface area contributed by atoms with Crippen molar-refractivity contribution in [2.45, 2.75) is 23.4 Å². The number of benzene rings is 1. The fourth-order valence-electron chi connectivity index (χ4n) is 1.97. The van der Waals surface area contributed by atoms with Crippen LogP contribution in [-0.4, -0.2) is 43.8 Å². The van der Waals surface area contributed by atoms with Gasteiger partial charge in [0.05, 0.1) is 6.61 Å². The zero-order valence-corrected chi connectivity index (χ0v) is 13.0. The van der Waals surface area contributed by atoms with E-state index in [0.717, 1.165) is 12.1 Å². The Balaban J connectivity index is 2.68. The highest BCUT2D eigenvalue weighted by molar-refractivity contribution is 8.00. The molecule has 1 unspecified atom stereocenters. The maximum absolute atomic E-state index is 12.3. The maximum atomic E-state index is 12.3. The van der Waals surface area contributed by atoms with Crippen molar-refractivity contribution in [3.05, 3.63) is 29.8 Å². The van der Waals surface area contributed by atoms with Crippen LogP contribution in [0.2, 0.25) is 0 Å². The molecule has 7 heteroatoms. The topological polar surface area (TPSA) is 38.5 Å². The molecule has 0 aliphatic rings. The van der Waals surface area contributed by atoms with E-state index < -0.39 is 5.51 Å². The third-order valence-corrected chi connectivity index (χ3v) is 3.79. The lowest BCUT2D eigenvalue weighted by atomic mass is 10.1. The first-order chi connectivity index (χ1) is 9.87. The Labute approximate surface area is 127 Å². The van der Waals surface area contributed by atoms with Crippen LogP contribution in [0, 0.1) is 0 Å². The Bertz CT molecular complexity index is 412. The zero-order chi connectivity index (χ0) is 15.9. The van der Waals surface area contributed by atoms with Gasteiger partial charge in [0.25, 0.3) is 0 Å². The molecule has 0 aliphatic carbocycles. The quantitative estimate of drug-likeness (QED) is 0.589. The van der Waals surface area contributed by atoms with Crippen LogP contribution in [0.4, 0.5) is 13.2 Å². The fourth-order valence-corrected chi connectivity index (χ4v) is 2.51. The second kappa shape index (κ2) is 8.63. The number of nitrogens with two attached hydrogens (primary N) is 1. The molecular formula is C14H21F3N2OS. The van der Waals surface area contributed by atoms with Crippen molar-refractivity contribution in [2.75, 3.05) is 33.4 Å². The molecule has 0 heterocycles. The average molecular weight is 322 g/mol. The lowest BCUT2D eigenvalue weighted by Crippen LogP contribution is -2.33. The summed E-state index contributed by atoms with van der Waals surface area (Å²) in [4.78, 5) is 2.22. The first-order valence-corrected chi connectivity index (χ1v) is 7.52. The summed E-state index contributed by atoms with van der Waals surface area (Å²) in [5.41, 5.74) is 2.43. The molecule has 0 fully saturated rings. The van der Waals surface area contributed by atoms with Gasteiger partial charge in [-0.3, -0.25) is 4.90 Å². The summed E-state index contributed by atoms with van der Waals surface area (Å²) in [5.74, 6) is 0. The third-order valence-electron chi connectivity index (χ3n) is 3.05. The molecule has 2 N–H and O–H groups in total. The van der Waals surface area contributed by atoms with Crippen molar-refractivity contribution < 1.29 is 17.9 Å². The highest BCUT2D eigenvalue weighted by Crippen LogP contribution is 2.37. The Morgan fingerprint density at radius 3 is 2.38 bits per heavy atom. The van der Waals surface area contributed by atoms with Gasteiger partial charge >= 0.3 is 5.51 Å². The second-order valence-corrected chi connectivity index (χ2v) is 5.68. The standard InChI is InChI=1S/C14H21F3N2OS/c1-3-20-9-8-19(2)13(10-18)11-4-6-12(7-5-11)21-14(15,16)17/h4-7,13H,3,8-10,18H2,1-2H3. The van der Waals surface area contributed by atoms with Crippen LogP contribution < -0.4 is 5.73 Å². The normalized spacial score (nSPS) is 13.7. The van der Waals surface area contributed by atoms with Crippen molar-refractivity contribution in [1.82, 2.24) is 4.90 Å². The van der Waals surface area contributed by atoms with Crippen molar-refractivity contribution in [3.63, 3.8) is 0 Å². The molecule has 0 aliphatic heterocycles. The van der Waals surface area contributed by atoms with E-state index in [9.17, 15) is 13.2 Å². The van der Waals surface area contributed by atoms with Gasteiger partial charge in [-0.15, -0.1) is 0 Å².